The first kappa shape index (κ1) is 9.21. The third-order valence-corrected chi connectivity index (χ3v) is 2.66. The van der Waals surface area contributed by atoms with E-state index in [0.717, 1.165) is 6.54 Å². The van der Waals surface area contributed by atoms with Crippen LogP contribution in [0.3, 0.4) is 0 Å². The number of nitrogens with zero attached hydrogens (tertiary/aromatic N) is 1. The molecule has 1 aromatic rings. The summed E-state index contributed by atoms with van der Waals surface area (Å²) >= 11 is 0. The lowest BCUT2D eigenvalue weighted by molar-refractivity contribution is -0.133. The first-order chi connectivity index (χ1) is 6.79. The van der Waals surface area contributed by atoms with Gasteiger partial charge in [-0.2, -0.15) is 0 Å². The SMILES string of the molecule is CN1C(=O)CNCC1c1ccccc1. The summed E-state index contributed by atoms with van der Waals surface area (Å²) < 4.78 is 0. The zero-order valence-corrected chi connectivity index (χ0v) is 8.23. The molecule has 1 fully saturated rings. The largest absolute Gasteiger partial charge is 0.336 e. The molecule has 1 aromatic carbocycles. The summed E-state index contributed by atoms with van der Waals surface area (Å²) in [5.41, 5.74) is 1.19. The molecule has 1 aliphatic rings. The summed E-state index contributed by atoms with van der Waals surface area (Å²) in [6.45, 7) is 1.30. The fraction of sp³-hybridized carbons (Fsp3) is 0.364. The van der Waals surface area contributed by atoms with E-state index in [9.17, 15) is 4.79 Å². The third-order valence-electron chi connectivity index (χ3n) is 2.66. The van der Waals surface area contributed by atoms with Gasteiger partial charge >= 0.3 is 0 Å². The summed E-state index contributed by atoms with van der Waals surface area (Å²) in [4.78, 5) is 13.3. The molecular weight excluding hydrogens is 176 g/mol. The Kier molecular flexibility index (Phi) is 2.50. The summed E-state index contributed by atoms with van der Waals surface area (Å²) in [5.74, 6) is 0.158. The van der Waals surface area contributed by atoms with Crippen molar-refractivity contribution >= 4 is 5.91 Å². The fourth-order valence-corrected chi connectivity index (χ4v) is 1.77. The smallest absolute Gasteiger partial charge is 0.236 e. The van der Waals surface area contributed by atoms with Gasteiger partial charge in [0.15, 0.2) is 0 Å². The van der Waals surface area contributed by atoms with E-state index >= 15 is 0 Å². The van der Waals surface area contributed by atoms with E-state index in [1.165, 1.54) is 5.56 Å². The number of hydrogen-bond donors (Lipinski definition) is 1. The second kappa shape index (κ2) is 3.80. The lowest BCUT2D eigenvalue weighted by atomic mass is 10.0. The van der Waals surface area contributed by atoms with Gasteiger partial charge in [-0.1, -0.05) is 30.3 Å². The van der Waals surface area contributed by atoms with Crippen molar-refractivity contribution in [2.45, 2.75) is 6.04 Å². The summed E-state index contributed by atoms with van der Waals surface area (Å²) in [6.07, 6.45) is 0. The Labute approximate surface area is 83.7 Å². The van der Waals surface area contributed by atoms with Gasteiger partial charge in [-0.3, -0.25) is 4.79 Å². The summed E-state index contributed by atoms with van der Waals surface area (Å²) in [7, 11) is 1.86. The van der Waals surface area contributed by atoms with Crippen LogP contribution in [0, 0.1) is 0 Å². The maximum atomic E-state index is 11.4. The standard InChI is InChI=1S/C11H14N2O/c1-13-10(7-12-8-11(13)14)9-5-3-2-4-6-9/h2-6,10,12H,7-8H2,1H3. The van der Waals surface area contributed by atoms with Gasteiger partial charge in [0.25, 0.3) is 0 Å². The molecule has 0 saturated carbocycles. The van der Waals surface area contributed by atoms with Crippen LogP contribution in [0.4, 0.5) is 0 Å². The molecule has 3 heteroatoms. The average Bonchev–Trinajstić information content (AvgIpc) is 2.23. The molecule has 1 amide bonds. The Bertz CT molecular complexity index is 323. The molecule has 1 heterocycles. The van der Waals surface area contributed by atoms with Crippen LogP contribution in [0.5, 0.6) is 0 Å². The van der Waals surface area contributed by atoms with E-state index < -0.39 is 0 Å². The molecule has 0 radical (unpaired) electrons. The molecule has 0 aliphatic carbocycles. The van der Waals surface area contributed by atoms with Crippen molar-refractivity contribution in [3.05, 3.63) is 35.9 Å². The van der Waals surface area contributed by atoms with Crippen molar-refractivity contribution in [3.8, 4) is 0 Å². The molecule has 74 valence electrons. The number of hydrogen-bond acceptors (Lipinski definition) is 2. The maximum absolute atomic E-state index is 11.4. The molecule has 1 atom stereocenters. The Hall–Kier alpha value is -1.35. The molecule has 0 spiro atoms. The quantitative estimate of drug-likeness (QED) is 0.710. The Morgan fingerprint density at radius 3 is 2.79 bits per heavy atom. The molecule has 1 saturated heterocycles. The molecule has 0 aromatic heterocycles. The van der Waals surface area contributed by atoms with Crippen LogP contribution in [0.1, 0.15) is 11.6 Å². The first-order valence-corrected chi connectivity index (χ1v) is 4.80. The monoisotopic (exact) mass is 190 g/mol. The van der Waals surface area contributed by atoms with Crippen molar-refractivity contribution in [2.75, 3.05) is 20.1 Å². The minimum absolute atomic E-state index is 0.158. The normalized spacial score (nSPS) is 22.5. The van der Waals surface area contributed by atoms with Crippen LogP contribution < -0.4 is 5.32 Å². The first-order valence-electron chi connectivity index (χ1n) is 4.80. The van der Waals surface area contributed by atoms with Crippen LogP contribution in [-0.2, 0) is 4.79 Å². The second-order valence-corrected chi connectivity index (χ2v) is 3.56. The molecule has 1 unspecified atom stereocenters. The molecule has 14 heavy (non-hydrogen) atoms. The van der Waals surface area contributed by atoms with Gasteiger partial charge in [0, 0.05) is 13.6 Å². The number of likely N-dealkylation sites (N-methyl/N-ethyl adjacent to an activating group) is 1. The predicted molar refractivity (Wildman–Crippen MR) is 54.8 cm³/mol. The van der Waals surface area contributed by atoms with Crippen molar-refractivity contribution < 1.29 is 4.79 Å². The Morgan fingerprint density at radius 2 is 2.07 bits per heavy atom. The molecular formula is C11H14N2O. The van der Waals surface area contributed by atoms with Gasteiger partial charge in [0.1, 0.15) is 0 Å². The second-order valence-electron chi connectivity index (χ2n) is 3.56. The molecule has 1 aliphatic heterocycles. The highest BCUT2D eigenvalue weighted by Gasteiger charge is 2.25. The van der Waals surface area contributed by atoms with E-state index in [1.54, 1.807) is 0 Å². The number of amides is 1. The van der Waals surface area contributed by atoms with Crippen LogP contribution in [0.25, 0.3) is 0 Å². The van der Waals surface area contributed by atoms with E-state index in [4.69, 9.17) is 0 Å². The zero-order valence-electron chi connectivity index (χ0n) is 8.23. The Morgan fingerprint density at radius 1 is 1.36 bits per heavy atom. The average molecular weight is 190 g/mol. The highest BCUT2D eigenvalue weighted by Crippen LogP contribution is 2.20. The van der Waals surface area contributed by atoms with Crippen molar-refractivity contribution in [1.82, 2.24) is 10.2 Å². The predicted octanol–water partition coefficient (Wildman–Crippen LogP) is 0.789. The van der Waals surface area contributed by atoms with Crippen molar-refractivity contribution in [3.63, 3.8) is 0 Å². The van der Waals surface area contributed by atoms with E-state index in [2.05, 4.69) is 17.4 Å². The van der Waals surface area contributed by atoms with Crippen LogP contribution >= 0.6 is 0 Å². The summed E-state index contributed by atoms with van der Waals surface area (Å²) in [6, 6.07) is 10.3. The van der Waals surface area contributed by atoms with Gasteiger partial charge in [-0.25, -0.2) is 0 Å². The van der Waals surface area contributed by atoms with Crippen LogP contribution in [0.2, 0.25) is 0 Å². The highest BCUT2D eigenvalue weighted by atomic mass is 16.2. The third kappa shape index (κ3) is 1.63. The molecule has 0 bridgehead atoms. The highest BCUT2D eigenvalue weighted by molar-refractivity contribution is 5.79. The van der Waals surface area contributed by atoms with Crippen LogP contribution in [-0.4, -0.2) is 30.9 Å². The topological polar surface area (TPSA) is 32.3 Å². The van der Waals surface area contributed by atoms with Gasteiger partial charge in [0.05, 0.1) is 12.6 Å². The number of nitrogens with one attached hydrogen (secondary N) is 1. The zero-order chi connectivity index (χ0) is 9.97. The molecule has 1 N–H and O–H groups in total. The van der Waals surface area contributed by atoms with Gasteiger partial charge in [-0.05, 0) is 5.56 Å². The number of piperazine rings is 1. The minimum atomic E-state index is 0.158. The van der Waals surface area contributed by atoms with Crippen molar-refractivity contribution in [2.24, 2.45) is 0 Å². The lowest BCUT2D eigenvalue weighted by Gasteiger charge is -2.33. The molecule has 2 rings (SSSR count). The van der Waals surface area contributed by atoms with Crippen LogP contribution in [0.15, 0.2) is 30.3 Å². The number of rotatable bonds is 1. The number of carbonyl (C=O) groups is 1. The lowest BCUT2D eigenvalue weighted by Crippen LogP contribution is -2.47. The fourth-order valence-electron chi connectivity index (χ4n) is 1.77. The van der Waals surface area contributed by atoms with Crippen molar-refractivity contribution in [1.29, 1.82) is 0 Å². The van der Waals surface area contributed by atoms with Gasteiger partial charge in [0.2, 0.25) is 5.91 Å². The minimum Gasteiger partial charge on any atom is -0.336 e. The maximum Gasteiger partial charge on any atom is 0.236 e. The summed E-state index contributed by atoms with van der Waals surface area (Å²) in [5, 5.41) is 3.12. The van der Waals surface area contributed by atoms with Gasteiger partial charge in [-0.15, -0.1) is 0 Å². The number of carbonyl (C=O) groups excluding carboxylic acids is 1. The van der Waals surface area contributed by atoms with E-state index in [-0.39, 0.29) is 11.9 Å². The Balaban J connectivity index is 2.22. The van der Waals surface area contributed by atoms with E-state index in [1.807, 2.05) is 30.1 Å². The van der Waals surface area contributed by atoms with Gasteiger partial charge < -0.3 is 10.2 Å². The molecule has 3 nitrogen and oxygen atoms in total. The van der Waals surface area contributed by atoms with E-state index in [0.29, 0.717) is 6.54 Å². The number of benzene rings is 1.